The van der Waals surface area contributed by atoms with Crippen LogP contribution < -0.4 is 4.74 Å². The molecule has 0 N–H and O–H groups in total. The first kappa shape index (κ1) is 21.4. The van der Waals surface area contributed by atoms with Crippen molar-refractivity contribution in [1.29, 1.82) is 0 Å². The van der Waals surface area contributed by atoms with Crippen LogP contribution in [0.1, 0.15) is 49.1 Å². The van der Waals surface area contributed by atoms with Gasteiger partial charge < -0.3 is 14.5 Å². The molecule has 1 saturated heterocycles. The predicted molar refractivity (Wildman–Crippen MR) is 121 cm³/mol. The van der Waals surface area contributed by atoms with Crippen molar-refractivity contribution in [2.45, 2.75) is 44.6 Å². The van der Waals surface area contributed by atoms with E-state index in [0.717, 1.165) is 29.7 Å². The van der Waals surface area contributed by atoms with Crippen molar-refractivity contribution < 1.29 is 14.3 Å². The van der Waals surface area contributed by atoms with E-state index in [2.05, 4.69) is 12.1 Å². The predicted octanol–water partition coefficient (Wildman–Crippen LogP) is 4.23. The van der Waals surface area contributed by atoms with Crippen LogP contribution in [0.3, 0.4) is 0 Å². The molecule has 2 fully saturated rings. The van der Waals surface area contributed by atoms with Gasteiger partial charge in [0.1, 0.15) is 5.75 Å². The molecule has 1 saturated carbocycles. The molecule has 2 aromatic rings. The zero-order valence-corrected chi connectivity index (χ0v) is 18.3. The van der Waals surface area contributed by atoms with Crippen molar-refractivity contribution in [3.8, 4) is 5.75 Å². The van der Waals surface area contributed by atoms with Gasteiger partial charge in [-0.05, 0) is 42.0 Å². The molecule has 0 spiro atoms. The minimum absolute atomic E-state index is 0.0908. The average Bonchev–Trinajstić information content (AvgIpc) is 3.27. The van der Waals surface area contributed by atoms with Crippen molar-refractivity contribution in [2.75, 3.05) is 26.7 Å². The van der Waals surface area contributed by atoms with Gasteiger partial charge in [-0.2, -0.15) is 0 Å². The van der Waals surface area contributed by atoms with Crippen molar-refractivity contribution >= 4 is 11.8 Å². The Labute approximate surface area is 185 Å². The van der Waals surface area contributed by atoms with Gasteiger partial charge >= 0.3 is 0 Å². The van der Waals surface area contributed by atoms with E-state index < -0.39 is 0 Å². The molecule has 164 valence electrons. The van der Waals surface area contributed by atoms with E-state index in [0.29, 0.717) is 38.5 Å². The minimum Gasteiger partial charge on any atom is -0.497 e. The molecule has 1 atom stereocenters. The molecule has 0 aromatic heterocycles. The largest absolute Gasteiger partial charge is 0.497 e. The molecule has 2 aromatic carbocycles. The maximum absolute atomic E-state index is 13.7. The quantitative estimate of drug-likeness (QED) is 0.703. The average molecular weight is 421 g/mol. The Morgan fingerprint density at radius 1 is 1.00 bits per heavy atom. The number of ether oxygens (including phenoxy) is 1. The minimum atomic E-state index is -0.0908. The number of carbonyl (C=O) groups excluding carboxylic acids is 2. The molecule has 2 aliphatic rings. The van der Waals surface area contributed by atoms with Gasteiger partial charge in [-0.25, -0.2) is 0 Å². The lowest BCUT2D eigenvalue weighted by atomic mass is 9.83. The Hall–Kier alpha value is -2.82. The van der Waals surface area contributed by atoms with Gasteiger partial charge in [0, 0.05) is 32.6 Å². The lowest BCUT2D eigenvalue weighted by Crippen LogP contribution is -2.40. The van der Waals surface area contributed by atoms with Gasteiger partial charge in [0.25, 0.3) is 0 Å². The van der Waals surface area contributed by atoms with E-state index in [4.69, 9.17) is 4.74 Å². The maximum Gasteiger partial charge on any atom is 0.230 e. The monoisotopic (exact) mass is 420 g/mol. The number of hydrogen-bond acceptors (Lipinski definition) is 3. The van der Waals surface area contributed by atoms with Crippen molar-refractivity contribution in [3.63, 3.8) is 0 Å². The molecule has 1 aliphatic heterocycles. The topological polar surface area (TPSA) is 49.9 Å². The molecule has 2 amide bonds. The van der Waals surface area contributed by atoms with E-state index in [1.807, 2.05) is 52.3 Å². The zero-order valence-electron chi connectivity index (χ0n) is 18.3. The summed E-state index contributed by atoms with van der Waals surface area (Å²) in [5.74, 6) is 1.43. The molecule has 0 bridgehead atoms. The zero-order chi connectivity index (χ0) is 21.6. The first-order valence-corrected chi connectivity index (χ1v) is 11.4. The van der Waals surface area contributed by atoms with Gasteiger partial charge in [0.05, 0.1) is 13.0 Å². The molecule has 5 heteroatoms. The van der Waals surface area contributed by atoms with Crippen LogP contribution in [0, 0.1) is 5.92 Å². The second-order valence-electron chi connectivity index (χ2n) is 8.67. The summed E-state index contributed by atoms with van der Waals surface area (Å²) in [6, 6.07) is 18.0. The van der Waals surface area contributed by atoms with Gasteiger partial charge in [-0.3, -0.25) is 9.59 Å². The van der Waals surface area contributed by atoms with E-state index >= 15 is 0 Å². The lowest BCUT2D eigenvalue weighted by Gasteiger charge is -2.30. The first-order valence-electron chi connectivity index (χ1n) is 11.4. The first-order chi connectivity index (χ1) is 15.2. The van der Waals surface area contributed by atoms with Gasteiger partial charge in [0.2, 0.25) is 11.8 Å². The van der Waals surface area contributed by atoms with Crippen LogP contribution in [0.4, 0.5) is 0 Å². The maximum atomic E-state index is 13.7. The molecule has 5 nitrogen and oxygen atoms in total. The molecule has 1 heterocycles. The van der Waals surface area contributed by atoms with E-state index in [1.165, 1.54) is 12.8 Å². The van der Waals surface area contributed by atoms with Crippen LogP contribution in [-0.2, 0) is 16.1 Å². The highest BCUT2D eigenvalue weighted by Crippen LogP contribution is 2.38. The fourth-order valence-corrected chi connectivity index (χ4v) is 4.97. The second-order valence-corrected chi connectivity index (χ2v) is 8.67. The van der Waals surface area contributed by atoms with E-state index in [-0.39, 0.29) is 17.7 Å². The van der Waals surface area contributed by atoms with Crippen LogP contribution in [0.2, 0.25) is 0 Å². The third-order valence-corrected chi connectivity index (χ3v) is 6.73. The fraction of sp³-hybridized carbons (Fsp3) is 0.462. The highest BCUT2D eigenvalue weighted by atomic mass is 16.5. The van der Waals surface area contributed by atoms with Crippen LogP contribution in [0.15, 0.2) is 54.6 Å². The van der Waals surface area contributed by atoms with Crippen molar-refractivity contribution in [2.24, 2.45) is 5.92 Å². The van der Waals surface area contributed by atoms with Gasteiger partial charge in [-0.1, -0.05) is 55.3 Å². The second kappa shape index (κ2) is 9.99. The third kappa shape index (κ3) is 5.09. The normalized spacial score (nSPS) is 18.7. The summed E-state index contributed by atoms with van der Waals surface area (Å²) in [6.07, 6.45) is 5.02. The summed E-state index contributed by atoms with van der Waals surface area (Å²) in [5.41, 5.74) is 2.19. The molecule has 4 rings (SSSR count). The number of rotatable bonds is 6. The number of nitrogens with zero attached hydrogens (tertiary/aromatic N) is 2. The van der Waals surface area contributed by atoms with Crippen LogP contribution >= 0.6 is 0 Å². The van der Waals surface area contributed by atoms with Crippen LogP contribution in [-0.4, -0.2) is 48.4 Å². The summed E-state index contributed by atoms with van der Waals surface area (Å²) in [7, 11) is 1.65. The molecule has 1 aliphatic carbocycles. The Morgan fingerprint density at radius 3 is 2.39 bits per heavy atom. The SMILES string of the molecule is COc1ccc(CN2CCN(C(=O)[C@@H](c3ccccc3)C3CCCC3)CCC2=O)cc1. The Kier molecular flexibility index (Phi) is 6.90. The standard InChI is InChI=1S/C26H32N2O3/c1-31-23-13-11-20(12-14-23)19-28-18-17-27(16-15-24(28)29)26(30)25(22-9-5-6-10-22)21-7-3-2-4-8-21/h2-4,7-8,11-14,22,25H,5-6,9-10,15-19H2,1H3/t25-/m0/s1. The highest BCUT2D eigenvalue weighted by Gasteiger charge is 2.35. The number of carbonyl (C=O) groups is 2. The highest BCUT2D eigenvalue weighted by molar-refractivity contribution is 5.85. The van der Waals surface area contributed by atoms with Crippen LogP contribution in [0.25, 0.3) is 0 Å². The molecule has 31 heavy (non-hydrogen) atoms. The molecule has 0 unspecified atom stereocenters. The van der Waals surface area contributed by atoms with Gasteiger partial charge in [-0.15, -0.1) is 0 Å². The van der Waals surface area contributed by atoms with E-state index in [9.17, 15) is 9.59 Å². The number of benzene rings is 2. The molecule has 0 radical (unpaired) electrons. The Balaban J connectivity index is 1.45. The lowest BCUT2D eigenvalue weighted by molar-refractivity contribution is -0.134. The fourth-order valence-electron chi connectivity index (χ4n) is 4.97. The van der Waals surface area contributed by atoms with E-state index in [1.54, 1.807) is 7.11 Å². The summed E-state index contributed by atoms with van der Waals surface area (Å²) >= 11 is 0. The summed E-state index contributed by atoms with van der Waals surface area (Å²) in [6.45, 7) is 2.24. The van der Waals surface area contributed by atoms with Gasteiger partial charge in [0.15, 0.2) is 0 Å². The summed E-state index contributed by atoms with van der Waals surface area (Å²) in [5, 5.41) is 0. The van der Waals surface area contributed by atoms with Crippen molar-refractivity contribution in [3.05, 3.63) is 65.7 Å². The number of amides is 2. The third-order valence-electron chi connectivity index (χ3n) is 6.73. The molecular formula is C26H32N2O3. The van der Waals surface area contributed by atoms with Crippen LogP contribution in [0.5, 0.6) is 5.75 Å². The Bertz CT molecular complexity index is 875. The molecular weight excluding hydrogens is 388 g/mol. The number of hydrogen-bond donors (Lipinski definition) is 0. The number of methoxy groups -OCH3 is 1. The van der Waals surface area contributed by atoms with Crippen molar-refractivity contribution in [1.82, 2.24) is 9.80 Å². The Morgan fingerprint density at radius 2 is 1.71 bits per heavy atom. The smallest absolute Gasteiger partial charge is 0.230 e. The summed E-state index contributed by atoms with van der Waals surface area (Å²) < 4.78 is 5.22. The summed E-state index contributed by atoms with van der Waals surface area (Å²) in [4.78, 5) is 30.2.